The Morgan fingerprint density at radius 2 is 1.64 bits per heavy atom. The Morgan fingerprint density at radius 3 is 2.31 bits per heavy atom. The van der Waals surface area contributed by atoms with Crippen molar-refractivity contribution in [2.75, 3.05) is 31.5 Å². The topological polar surface area (TPSA) is 113 Å². The zero-order valence-corrected chi connectivity index (χ0v) is 21.0. The second-order valence-electron chi connectivity index (χ2n) is 8.85. The molecule has 36 heavy (non-hydrogen) atoms. The van der Waals surface area contributed by atoms with E-state index in [1.165, 1.54) is 16.4 Å². The molecule has 0 radical (unpaired) electrons. The average Bonchev–Trinajstić information content (AvgIpc) is 2.86. The summed E-state index contributed by atoms with van der Waals surface area (Å²) in [4.78, 5) is 26.0. The first-order chi connectivity index (χ1) is 17.1. The van der Waals surface area contributed by atoms with Gasteiger partial charge in [0.1, 0.15) is 0 Å². The molecule has 1 heterocycles. The third kappa shape index (κ3) is 5.62. The molecule has 0 saturated carbocycles. The van der Waals surface area contributed by atoms with Gasteiger partial charge in [-0.25, -0.2) is 8.42 Å². The maximum atomic E-state index is 12.9. The zero-order valence-electron chi connectivity index (χ0n) is 20.2. The second-order valence-corrected chi connectivity index (χ2v) is 10.8. The predicted molar refractivity (Wildman–Crippen MR) is 137 cm³/mol. The Bertz CT molecular complexity index is 1380. The Kier molecular flexibility index (Phi) is 7.48. The van der Waals surface area contributed by atoms with Crippen molar-refractivity contribution in [2.45, 2.75) is 25.3 Å². The first-order valence-corrected chi connectivity index (χ1v) is 13.0. The van der Waals surface area contributed by atoms with Gasteiger partial charge in [0.25, 0.3) is 11.6 Å². The molecule has 3 aromatic carbocycles. The SMILES string of the molecule is Cc1ccc(S(=O)(=O)N2CCN(Cc3cccc(C(=O)Nc4cccc([N+](=O)[O-])c4C)c3)CC2)cc1. The van der Waals surface area contributed by atoms with E-state index in [1.54, 1.807) is 55.5 Å². The van der Waals surface area contributed by atoms with Crippen molar-refractivity contribution in [1.82, 2.24) is 9.21 Å². The molecule has 1 aliphatic rings. The smallest absolute Gasteiger partial charge is 0.274 e. The fourth-order valence-corrected chi connectivity index (χ4v) is 5.63. The number of benzene rings is 3. The van der Waals surface area contributed by atoms with E-state index in [2.05, 4.69) is 10.2 Å². The van der Waals surface area contributed by atoms with Crippen molar-refractivity contribution in [1.29, 1.82) is 0 Å². The molecule has 1 fully saturated rings. The predicted octanol–water partition coefficient (Wildman–Crippen LogP) is 3.97. The molecule has 9 nitrogen and oxygen atoms in total. The van der Waals surface area contributed by atoms with Crippen LogP contribution in [0.1, 0.15) is 27.0 Å². The van der Waals surface area contributed by atoms with E-state index in [0.29, 0.717) is 54.4 Å². The number of amides is 1. The van der Waals surface area contributed by atoms with Crippen LogP contribution in [0.5, 0.6) is 0 Å². The number of nitro groups is 1. The van der Waals surface area contributed by atoms with Crippen molar-refractivity contribution >= 4 is 27.3 Å². The summed E-state index contributed by atoms with van der Waals surface area (Å²) >= 11 is 0. The number of anilines is 1. The first-order valence-electron chi connectivity index (χ1n) is 11.6. The molecule has 1 aliphatic heterocycles. The van der Waals surface area contributed by atoms with Crippen LogP contribution in [-0.4, -0.2) is 54.6 Å². The van der Waals surface area contributed by atoms with E-state index < -0.39 is 14.9 Å². The number of piperazine rings is 1. The van der Waals surface area contributed by atoms with Gasteiger partial charge >= 0.3 is 0 Å². The molecule has 188 valence electrons. The monoisotopic (exact) mass is 508 g/mol. The highest BCUT2D eigenvalue weighted by Gasteiger charge is 2.28. The van der Waals surface area contributed by atoms with E-state index in [1.807, 2.05) is 13.0 Å². The number of rotatable bonds is 7. The molecule has 0 aliphatic carbocycles. The van der Waals surface area contributed by atoms with Gasteiger partial charge in [0.05, 0.1) is 21.1 Å². The van der Waals surface area contributed by atoms with Crippen LogP contribution in [0.3, 0.4) is 0 Å². The average molecular weight is 509 g/mol. The van der Waals surface area contributed by atoms with Gasteiger partial charge in [0.2, 0.25) is 10.0 Å². The van der Waals surface area contributed by atoms with Crippen LogP contribution >= 0.6 is 0 Å². The van der Waals surface area contributed by atoms with Crippen LogP contribution in [0.25, 0.3) is 0 Å². The van der Waals surface area contributed by atoms with E-state index in [-0.39, 0.29) is 11.6 Å². The molecule has 1 amide bonds. The fourth-order valence-electron chi connectivity index (χ4n) is 4.21. The molecule has 4 rings (SSSR count). The summed E-state index contributed by atoms with van der Waals surface area (Å²) in [5.74, 6) is -0.352. The number of carbonyl (C=O) groups excluding carboxylic acids is 1. The van der Waals surface area contributed by atoms with Crippen LogP contribution in [0, 0.1) is 24.0 Å². The number of nitrogens with zero attached hydrogens (tertiary/aromatic N) is 3. The lowest BCUT2D eigenvalue weighted by Gasteiger charge is -2.34. The third-order valence-corrected chi connectivity index (χ3v) is 8.25. The lowest BCUT2D eigenvalue weighted by molar-refractivity contribution is -0.385. The van der Waals surface area contributed by atoms with Crippen LogP contribution < -0.4 is 5.32 Å². The van der Waals surface area contributed by atoms with Gasteiger partial charge < -0.3 is 5.32 Å². The first kappa shape index (κ1) is 25.5. The Hall–Kier alpha value is -3.60. The zero-order chi connectivity index (χ0) is 25.9. The van der Waals surface area contributed by atoms with Crippen LogP contribution in [0.4, 0.5) is 11.4 Å². The summed E-state index contributed by atoms with van der Waals surface area (Å²) in [6.45, 7) is 6.04. The quantitative estimate of drug-likeness (QED) is 0.382. The lowest BCUT2D eigenvalue weighted by Crippen LogP contribution is -2.48. The van der Waals surface area contributed by atoms with E-state index >= 15 is 0 Å². The molecule has 3 aromatic rings. The molecule has 1 N–H and O–H groups in total. The second kappa shape index (κ2) is 10.6. The van der Waals surface area contributed by atoms with Crippen molar-refractivity contribution < 1.29 is 18.1 Å². The summed E-state index contributed by atoms with van der Waals surface area (Å²) in [7, 11) is -3.52. The highest BCUT2D eigenvalue weighted by atomic mass is 32.2. The summed E-state index contributed by atoms with van der Waals surface area (Å²) < 4.78 is 27.4. The maximum absolute atomic E-state index is 12.9. The third-order valence-electron chi connectivity index (χ3n) is 6.34. The normalized spacial score (nSPS) is 14.9. The Labute approximate surface area is 210 Å². The molecular formula is C26H28N4O5S. The molecule has 0 aromatic heterocycles. The largest absolute Gasteiger partial charge is 0.321 e. The van der Waals surface area contributed by atoms with Gasteiger partial charge in [0, 0.05) is 44.4 Å². The molecule has 0 bridgehead atoms. The van der Waals surface area contributed by atoms with Gasteiger partial charge in [0.15, 0.2) is 0 Å². The molecule has 1 saturated heterocycles. The lowest BCUT2D eigenvalue weighted by atomic mass is 10.1. The minimum Gasteiger partial charge on any atom is -0.321 e. The number of nitro benzene ring substituents is 1. The highest BCUT2D eigenvalue weighted by Crippen LogP contribution is 2.26. The molecule has 0 unspecified atom stereocenters. The maximum Gasteiger partial charge on any atom is 0.274 e. The van der Waals surface area contributed by atoms with E-state index in [4.69, 9.17) is 0 Å². The van der Waals surface area contributed by atoms with Gasteiger partial charge in [-0.05, 0) is 49.7 Å². The van der Waals surface area contributed by atoms with Crippen molar-refractivity contribution in [3.63, 3.8) is 0 Å². The Balaban J connectivity index is 1.38. The summed E-state index contributed by atoms with van der Waals surface area (Å²) in [5, 5.41) is 13.9. The molecule has 0 atom stereocenters. The minimum absolute atomic E-state index is 0.0508. The number of aryl methyl sites for hydroxylation is 1. The summed E-state index contributed by atoms with van der Waals surface area (Å²) in [6.07, 6.45) is 0. The van der Waals surface area contributed by atoms with Crippen molar-refractivity contribution in [3.05, 3.63) is 99.1 Å². The van der Waals surface area contributed by atoms with Crippen LogP contribution in [0.2, 0.25) is 0 Å². The number of carbonyl (C=O) groups is 1. The Morgan fingerprint density at radius 1 is 0.972 bits per heavy atom. The highest BCUT2D eigenvalue weighted by molar-refractivity contribution is 7.89. The van der Waals surface area contributed by atoms with Crippen molar-refractivity contribution in [2.24, 2.45) is 0 Å². The number of sulfonamides is 1. The van der Waals surface area contributed by atoms with Crippen LogP contribution in [-0.2, 0) is 16.6 Å². The minimum atomic E-state index is -3.52. The van der Waals surface area contributed by atoms with E-state index in [0.717, 1.165) is 11.1 Å². The summed E-state index contributed by atoms with van der Waals surface area (Å²) in [5.41, 5.74) is 3.11. The fraction of sp³-hybridized carbons (Fsp3) is 0.269. The molecular weight excluding hydrogens is 480 g/mol. The molecule has 0 spiro atoms. The van der Waals surface area contributed by atoms with Gasteiger partial charge in [-0.3, -0.25) is 19.8 Å². The number of hydrogen-bond acceptors (Lipinski definition) is 6. The van der Waals surface area contributed by atoms with Gasteiger partial charge in [-0.2, -0.15) is 4.31 Å². The van der Waals surface area contributed by atoms with Crippen molar-refractivity contribution in [3.8, 4) is 0 Å². The number of hydrogen-bond donors (Lipinski definition) is 1. The van der Waals surface area contributed by atoms with Gasteiger partial charge in [-0.15, -0.1) is 0 Å². The van der Waals surface area contributed by atoms with Crippen LogP contribution in [0.15, 0.2) is 71.6 Å². The molecule has 10 heteroatoms. The number of nitrogens with one attached hydrogen (secondary N) is 1. The standard InChI is InChI=1S/C26H28N4O5S/c1-19-9-11-23(12-10-19)36(34,35)29-15-13-28(14-16-29)18-21-5-3-6-22(17-21)26(31)27-24-7-4-8-25(20(24)2)30(32)33/h3-12,17H,13-16,18H2,1-2H3,(H,27,31). The van der Waals surface area contributed by atoms with Gasteiger partial charge in [-0.1, -0.05) is 35.9 Å². The summed E-state index contributed by atoms with van der Waals surface area (Å²) in [6, 6.07) is 18.6. The van der Waals surface area contributed by atoms with E-state index in [9.17, 15) is 23.3 Å².